The second-order valence-electron chi connectivity index (χ2n) is 5.36. The Labute approximate surface area is 177 Å². The lowest BCUT2D eigenvalue weighted by atomic mass is 10.2. The van der Waals surface area contributed by atoms with Crippen LogP contribution in [0.2, 0.25) is 0 Å². The van der Waals surface area contributed by atoms with Gasteiger partial charge in [0.05, 0.1) is 17.2 Å². The number of halogens is 2. The van der Waals surface area contributed by atoms with Crippen LogP contribution in [0.25, 0.3) is 0 Å². The number of nitrogens with one attached hydrogen (secondary N) is 3. The number of aromatic nitrogens is 1. The molecule has 0 fully saturated rings. The average Bonchev–Trinajstić information content (AvgIpc) is 2.65. The number of benzene rings is 1. The minimum absolute atomic E-state index is 0. The Morgan fingerprint density at radius 2 is 1.64 bits per heavy atom. The molecule has 1 aromatic carbocycles. The fourth-order valence-corrected chi connectivity index (χ4v) is 3.14. The Hall–Kier alpha value is -1.91. The number of methoxy groups -OCH3 is 1. The van der Waals surface area contributed by atoms with Gasteiger partial charge in [-0.25, -0.2) is 8.42 Å². The van der Waals surface area contributed by atoms with E-state index in [1.165, 1.54) is 36.7 Å². The van der Waals surface area contributed by atoms with E-state index < -0.39 is 10.0 Å². The first-order valence-corrected chi connectivity index (χ1v) is 9.52. The molecule has 0 aliphatic carbocycles. The number of sulfonamides is 1. The van der Waals surface area contributed by atoms with Crippen molar-refractivity contribution in [2.45, 2.75) is 4.90 Å². The van der Waals surface area contributed by atoms with Crippen molar-refractivity contribution in [1.82, 2.24) is 15.6 Å². The summed E-state index contributed by atoms with van der Waals surface area (Å²) in [7, 11) is -2.09. The Balaban J connectivity index is 0.00000364. The Kier molecular flexibility index (Phi) is 12.4. The van der Waals surface area contributed by atoms with E-state index >= 15 is 0 Å². The molecule has 0 radical (unpaired) electrons. The molecule has 156 valence electrons. The highest BCUT2D eigenvalue weighted by atomic mass is 35.5. The summed E-state index contributed by atoms with van der Waals surface area (Å²) in [5.74, 6) is -0.260. The van der Waals surface area contributed by atoms with Crippen LogP contribution in [0.3, 0.4) is 0 Å². The van der Waals surface area contributed by atoms with Crippen molar-refractivity contribution in [3.63, 3.8) is 0 Å². The molecular weight excluding hydrogens is 427 g/mol. The summed E-state index contributed by atoms with van der Waals surface area (Å²) in [5, 5.41) is 5.87. The molecule has 2 rings (SSSR count). The van der Waals surface area contributed by atoms with E-state index in [9.17, 15) is 13.2 Å². The van der Waals surface area contributed by atoms with Gasteiger partial charge in [-0.1, -0.05) is 0 Å². The average molecular weight is 451 g/mol. The molecule has 11 heteroatoms. The molecule has 0 saturated carbocycles. The van der Waals surface area contributed by atoms with Crippen LogP contribution >= 0.6 is 24.8 Å². The van der Waals surface area contributed by atoms with Crippen LogP contribution in [0.4, 0.5) is 5.69 Å². The molecule has 3 N–H and O–H groups in total. The molecule has 0 bridgehead atoms. The summed E-state index contributed by atoms with van der Waals surface area (Å²) in [6.07, 6.45) is 2.99. The van der Waals surface area contributed by atoms with Gasteiger partial charge in [0, 0.05) is 44.7 Å². The molecule has 8 nitrogen and oxygen atoms in total. The monoisotopic (exact) mass is 450 g/mol. The number of ether oxygens (including phenoxy) is 1. The number of pyridine rings is 1. The van der Waals surface area contributed by atoms with Crippen LogP contribution in [0.5, 0.6) is 0 Å². The quantitative estimate of drug-likeness (QED) is 0.475. The van der Waals surface area contributed by atoms with Gasteiger partial charge < -0.3 is 15.4 Å². The number of hydrogen-bond acceptors (Lipinski definition) is 6. The highest BCUT2D eigenvalue weighted by Crippen LogP contribution is 2.15. The maximum absolute atomic E-state index is 12.3. The smallest absolute Gasteiger partial charge is 0.261 e. The van der Waals surface area contributed by atoms with Gasteiger partial charge in [0.2, 0.25) is 0 Å². The van der Waals surface area contributed by atoms with Crippen molar-refractivity contribution in [3.8, 4) is 0 Å². The number of amides is 1. The molecule has 0 atom stereocenters. The normalized spacial score (nSPS) is 10.3. The Bertz CT molecular complexity index is 806. The molecule has 2 aromatic rings. The number of carbonyl (C=O) groups excluding carboxylic acids is 1. The van der Waals surface area contributed by atoms with Gasteiger partial charge in [0.25, 0.3) is 15.9 Å². The van der Waals surface area contributed by atoms with E-state index in [-0.39, 0.29) is 35.6 Å². The minimum Gasteiger partial charge on any atom is -0.383 e. The van der Waals surface area contributed by atoms with Crippen LogP contribution in [0.1, 0.15) is 10.4 Å². The molecule has 0 unspecified atom stereocenters. The summed E-state index contributed by atoms with van der Waals surface area (Å²) in [6, 6.07) is 8.87. The van der Waals surface area contributed by atoms with Crippen molar-refractivity contribution in [2.75, 3.05) is 38.1 Å². The van der Waals surface area contributed by atoms with Crippen LogP contribution in [-0.4, -0.2) is 52.7 Å². The van der Waals surface area contributed by atoms with Gasteiger partial charge in [-0.3, -0.25) is 14.5 Å². The van der Waals surface area contributed by atoms with Crippen LogP contribution in [0.15, 0.2) is 53.7 Å². The molecule has 0 aliphatic rings. The van der Waals surface area contributed by atoms with Gasteiger partial charge >= 0.3 is 0 Å². The summed E-state index contributed by atoms with van der Waals surface area (Å²) < 4.78 is 32.0. The van der Waals surface area contributed by atoms with E-state index in [2.05, 4.69) is 20.3 Å². The van der Waals surface area contributed by atoms with Crippen LogP contribution in [-0.2, 0) is 14.8 Å². The molecule has 1 aromatic heterocycles. The van der Waals surface area contributed by atoms with Crippen molar-refractivity contribution in [2.24, 2.45) is 0 Å². The number of carbonyl (C=O) groups is 1. The molecule has 28 heavy (non-hydrogen) atoms. The predicted octanol–water partition coefficient (Wildman–Crippen LogP) is 1.69. The SMILES string of the molecule is COCCNCCNC(=O)c1ccc(S(=O)(=O)Nc2ccncc2)cc1.Cl.Cl. The maximum Gasteiger partial charge on any atom is 0.261 e. The van der Waals surface area contributed by atoms with Gasteiger partial charge in [0.1, 0.15) is 0 Å². The lowest BCUT2D eigenvalue weighted by Gasteiger charge is -2.09. The van der Waals surface area contributed by atoms with E-state index in [1.54, 1.807) is 19.2 Å². The highest BCUT2D eigenvalue weighted by molar-refractivity contribution is 7.92. The molecular formula is C17H24Cl2N4O4S. The van der Waals surface area contributed by atoms with Gasteiger partial charge in [0.15, 0.2) is 0 Å². The zero-order valence-corrected chi connectivity index (χ0v) is 17.7. The first-order valence-electron chi connectivity index (χ1n) is 8.04. The van der Waals surface area contributed by atoms with Gasteiger partial charge in [-0.15, -0.1) is 24.8 Å². The first-order chi connectivity index (χ1) is 12.5. The zero-order chi connectivity index (χ0) is 18.8. The van der Waals surface area contributed by atoms with Gasteiger partial charge in [-0.05, 0) is 36.4 Å². The van der Waals surface area contributed by atoms with Crippen molar-refractivity contribution in [3.05, 3.63) is 54.4 Å². The molecule has 0 saturated heterocycles. The highest BCUT2D eigenvalue weighted by Gasteiger charge is 2.15. The number of nitrogens with zero attached hydrogens (tertiary/aromatic N) is 1. The summed E-state index contributed by atoms with van der Waals surface area (Å²) in [5.41, 5.74) is 0.813. The van der Waals surface area contributed by atoms with E-state index in [0.29, 0.717) is 37.5 Å². The van der Waals surface area contributed by atoms with Crippen LogP contribution < -0.4 is 15.4 Å². The fourth-order valence-electron chi connectivity index (χ4n) is 2.09. The second-order valence-corrected chi connectivity index (χ2v) is 7.05. The zero-order valence-electron chi connectivity index (χ0n) is 15.3. The number of rotatable bonds is 10. The Morgan fingerprint density at radius 1 is 1.00 bits per heavy atom. The lowest BCUT2D eigenvalue weighted by molar-refractivity contribution is 0.0953. The van der Waals surface area contributed by atoms with Crippen molar-refractivity contribution < 1.29 is 17.9 Å². The third-order valence-electron chi connectivity index (χ3n) is 3.43. The van der Waals surface area contributed by atoms with Crippen LogP contribution in [0, 0.1) is 0 Å². The summed E-state index contributed by atoms with van der Waals surface area (Å²) >= 11 is 0. The lowest BCUT2D eigenvalue weighted by Crippen LogP contribution is -2.33. The third kappa shape index (κ3) is 8.41. The molecule has 0 spiro atoms. The molecule has 1 heterocycles. The first kappa shape index (κ1) is 26.1. The fraction of sp³-hybridized carbons (Fsp3) is 0.294. The van der Waals surface area contributed by atoms with E-state index in [1.807, 2.05) is 0 Å². The second kappa shape index (κ2) is 13.3. The molecule has 1 amide bonds. The topological polar surface area (TPSA) is 109 Å². The minimum atomic E-state index is -3.72. The molecule has 0 aliphatic heterocycles. The summed E-state index contributed by atoms with van der Waals surface area (Å²) in [6.45, 7) is 2.41. The largest absolute Gasteiger partial charge is 0.383 e. The Morgan fingerprint density at radius 3 is 2.25 bits per heavy atom. The van der Waals surface area contributed by atoms with E-state index in [4.69, 9.17) is 4.74 Å². The van der Waals surface area contributed by atoms with Crippen molar-refractivity contribution in [1.29, 1.82) is 0 Å². The standard InChI is InChI=1S/C17H22N4O4S.2ClH/c1-25-13-12-19-10-11-20-17(22)14-2-4-16(5-3-14)26(23,24)21-15-6-8-18-9-7-15;;/h2-9,19H,10-13H2,1H3,(H,18,21)(H,20,22);2*1H. The third-order valence-corrected chi connectivity index (χ3v) is 4.83. The number of hydrogen-bond donors (Lipinski definition) is 3. The predicted molar refractivity (Wildman–Crippen MR) is 113 cm³/mol. The van der Waals surface area contributed by atoms with E-state index in [0.717, 1.165) is 0 Å². The maximum atomic E-state index is 12.3. The van der Waals surface area contributed by atoms with Gasteiger partial charge in [-0.2, -0.15) is 0 Å². The number of anilines is 1. The van der Waals surface area contributed by atoms with Crippen molar-refractivity contribution >= 4 is 46.4 Å². The summed E-state index contributed by atoms with van der Waals surface area (Å²) in [4.78, 5) is 16.0.